The quantitative estimate of drug-likeness (QED) is 0.185. The number of amides is 1. The van der Waals surface area contributed by atoms with Crippen LogP contribution in [0.25, 0.3) is 32.9 Å². The number of benzene rings is 2. The SMILES string of the molecule is CCOCC1CCN(CCOc2nc(N3CC4CCC(C3)N4C(=O)OC(C)(C)C)c3cnc(-c4cc(O)cc5cccc(CC)c45)c(F)c3n2)CC1. The van der Waals surface area contributed by atoms with E-state index in [-0.39, 0.29) is 41.1 Å². The van der Waals surface area contributed by atoms with Gasteiger partial charge < -0.3 is 24.2 Å². The van der Waals surface area contributed by atoms with Crippen LogP contribution in [0.5, 0.6) is 11.8 Å². The first-order valence-corrected chi connectivity index (χ1v) is 18.8. The summed E-state index contributed by atoms with van der Waals surface area (Å²) >= 11 is 0. The lowest BCUT2D eigenvalue weighted by atomic mass is 9.95. The maximum atomic E-state index is 17.0. The Morgan fingerprint density at radius 1 is 1.04 bits per heavy atom. The van der Waals surface area contributed by atoms with Crippen LogP contribution in [-0.4, -0.2) is 106 Å². The molecule has 2 unspecified atom stereocenters. The van der Waals surface area contributed by atoms with Crippen LogP contribution in [-0.2, 0) is 15.9 Å². The number of hydrogen-bond donors (Lipinski definition) is 1. The second-order valence-corrected chi connectivity index (χ2v) is 15.3. The molecule has 5 heterocycles. The summed E-state index contributed by atoms with van der Waals surface area (Å²) in [5.74, 6) is 0.545. The van der Waals surface area contributed by atoms with Gasteiger partial charge in [-0.05, 0) is 107 Å². The van der Waals surface area contributed by atoms with Crippen LogP contribution in [0.3, 0.4) is 0 Å². The van der Waals surface area contributed by atoms with Crippen LogP contribution in [0.2, 0.25) is 0 Å². The number of rotatable bonds is 10. The number of pyridine rings is 1. The summed E-state index contributed by atoms with van der Waals surface area (Å²) < 4.78 is 34.6. The summed E-state index contributed by atoms with van der Waals surface area (Å²) in [5, 5.41) is 12.8. The molecule has 2 bridgehead atoms. The number of nitrogens with zero attached hydrogens (tertiary/aromatic N) is 6. The molecule has 0 spiro atoms. The van der Waals surface area contributed by atoms with E-state index < -0.39 is 11.4 Å². The first kappa shape index (κ1) is 36.1. The zero-order chi connectivity index (χ0) is 36.6. The summed E-state index contributed by atoms with van der Waals surface area (Å²) in [6.45, 7) is 15.3. The highest BCUT2D eigenvalue weighted by Crippen LogP contribution is 2.40. The number of likely N-dealkylation sites (tertiary alicyclic amines) is 1. The molecule has 1 N–H and O–H groups in total. The molecule has 3 saturated heterocycles. The number of anilines is 1. The van der Waals surface area contributed by atoms with Crippen LogP contribution in [0.1, 0.15) is 65.9 Å². The molecule has 2 atom stereocenters. The van der Waals surface area contributed by atoms with E-state index in [2.05, 4.69) is 26.7 Å². The second kappa shape index (κ2) is 15.0. The van der Waals surface area contributed by atoms with Gasteiger partial charge in [-0.25, -0.2) is 9.18 Å². The Morgan fingerprint density at radius 2 is 1.79 bits per heavy atom. The van der Waals surface area contributed by atoms with Gasteiger partial charge in [0.15, 0.2) is 5.82 Å². The summed E-state index contributed by atoms with van der Waals surface area (Å²) in [7, 11) is 0. The van der Waals surface area contributed by atoms with Gasteiger partial charge in [0.05, 0.1) is 17.5 Å². The number of carbonyl (C=O) groups is 1. The Kier molecular flexibility index (Phi) is 10.4. The van der Waals surface area contributed by atoms with Crippen molar-refractivity contribution in [2.24, 2.45) is 5.92 Å². The maximum absolute atomic E-state index is 17.0. The van der Waals surface area contributed by atoms with E-state index in [1.165, 1.54) is 0 Å². The number of hydrogen-bond acceptors (Lipinski definition) is 10. The molecule has 0 aliphatic carbocycles. The Hall–Kier alpha value is -4.29. The predicted molar refractivity (Wildman–Crippen MR) is 200 cm³/mol. The molecule has 1 amide bonds. The molecule has 0 saturated carbocycles. The van der Waals surface area contributed by atoms with Gasteiger partial charge in [-0.15, -0.1) is 0 Å². The zero-order valence-electron chi connectivity index (χ0n) is 31.0. The number of aryl methyl sites for hydroxylation is 1. The van der Waals surface area contributed by atoms with Crippen molar-refractivity contribution in [2.45, 2.75) is 84.4 Å². The summed E-state index contributed by atoms with van der Waals surface area (Å²) in [4.78, 5) is 33.8. The van der Waals surface area contributed by atoms with Gasteiger partial charge in [-0.2, -0.15) is 9.97 Å². The fourth-order valence-electron chi connectivity index (χ4n) is 8.10. The average Bonchev–Trinajstić information content (AvgIpc) is 3.39. The molecule has 11 nitrogen and oxygen atoms in total. The van der Waals surface area contributed by atoms with Crippen LogP contribution >= 0.6 is 0 Å². The molecular weight excluding hydrogens is 663 g/mol. The van der Waals surface area contributed by atoms with Gasteiger partial charge in [0.2, 0.25) is 0 Å². The monoisotopic (exact) mass is 714 g/mol. The first-order valence-electron chi connectivity index (χ1n) is 18.8. The number of aromatic nitrogens is 3. The molecule has 2 aromatic carbocycles. The van der Waals surface area contributed by atoms with Crippen molar-refractivity contribution in [3.63, 3.8) is 0 Å². The van der Waals surface area contributed by atoms with Crippen molar-refractivity contribution < 1.29 is 28.5 Å². The summed E-state index contributed by atoms with van der Waals surface area (Å²) in [6, 6.07) is 9.09. The Bertz CT molecular complexity index is 1910. The van der Waals surface area contributed by atoms with Gasteiger partial charge in [0, 0.05) is 44.6 Å². The molecule has 4 aromatic rings. The number of piperazine rings is 1. The van der Waals surface area contributed by atoms with Crippen LogP contribution < -0.4 is 9.64 Å². The van der Waals surface area contributed by atoms with E-state index in [0.29, 0.717) is 48.9 Å². The van der Waals surface area contributed by atoms with Crippen molar-refractivity contribution in [2.75, 3.05) is 57.4 Å². The molecule has 278 valence electrons. The van der Waals surface area contributed by atoms with E-state index in [9.17, 15) is 9.90 Å². The number of piperidine rings is 1. The number of halogens is 1. The second-order valence-electron chi connectivity index (χ2n) is 15.3. The van der Waals surface area contributed by atoms with Crippen molar-refractivity contribution in [1.29, 1.82) is 0 Å². The third-order valence-corrected chi connectivity index (χ3v) is 10.6. The highest BCUT2D eigenvalue weighted by atomic mass is 19.1. The molecule has 7 rings (SSSR count). The minimum absolute atomic E-state index is 0.0321. The normalized spacial score (nSPS) is 19.9. The lowest BCUT2D eigenvalue weighted by molar-refractivity contribution is 0.0122. The smallest absolute Gasteiger partial charge is 0.410 e. The molecule has 3 aliphatic rings. The number of aromatic hydroxyl groups is 1. The Labute approximate surface area is 305 Å². The summed E-state index contributed by atoms with van der Waals surface area (Å²) in [5.41, 5.74) is 1.15. The minimum Gasteiger partial charge on any atom is -0.508 e. The van der Waals surface area contributed by atoms with Crippen LogP contribution in [0.4, 0.5) is 15.0 Å². The third kappa shape index (κ3) is 7.45. The number of carbonyl (C=O) groups excluding carboxylic acids is 1. The maximum Gasteiger partial charge on any atom is 0.410 e. The summed E-state index contributed by atoms with van der Waals surface area (Å²) in [6.07, 6.45) is 5.91. The third-order valence-electron chi connectivity index (χ3n) is 10.6. The van der Waals surface area contributed by atoms with E-state index in [1.807, 2.05) is 50.8 Å². The number of fused-ring (bicyclic) bond motifs is 4. The minimum atomic E-state index is -0.601. The zero-order valence-corrected chi connectivity index (χ0v) is 31.0. The van der Waals surface area contributed by atoms with Gasteiger partial charge in [0.1, 0.15) is 35.0 Å². The molecule has 2 aromatic heterocycles. The van der Waals surface area contributed by atoms with E-state index >= 15 is 4.39 Å². The number of phenolic OH excluding ortho intramolecular Hbond substituents is 1. The van der Waals surface area contributed by atoms with Crippen molar-refractivity contribution in [3.8, 4) is 23.0 Å². The lowest BCUT2D eigenvalue weighted by Gasteiger charge is -2.42. The van der Waals surface area contributed by atoms with E-state index in [0.717, 1.165) is 74.7 Å². The molecule has 12 heteroatoms. The average molecular weight is 715 g/mol. The van der Waals surface area contributed by atoms with Gasteiger partial charge in [0.25, 0.3) is 0 Å². The van der Waals surface area contributed by atoms with Crippen molar-refractivity contribution in [3.05, 3.63) is 47.9 Å². The van der Waals surface area contributed by atoms with E-state index in [4.69, 9.17) is 19.2 Å². The number of ether oxygens (including phenoxy) is 3. The molecule has 3 aliphatic heterocycles. The largest absolute Gasteiger partial charge is 0.508 e. The van der Waals surface area contributed by atoms with Crippen molar-refractivity contribution in [1.82, 2.24) is 24.8 Å². The van der Waals surface area contributed by atoms with Crippen molar-refractivity contribution >= 4 is 33.6 Å². The Morgan fingerprint density at radius 3 is 2.48 bits per heavy atom. The van der Waals surface area contributed by atoms with Crippen LogP contribution in [0, 0.1) is 11.7 Å². The van der Waals surface area contributed by atoms with Gasteiger partial charge in [-0.1, -0.05) is 25.1 Å². The number of phenols is 1. The fraction of sp³-hybridized carbons (Fsp3) is 0.550. The molecule has 3 fully saturated rings. The predicted octanol–water partition coefficient (Wildman–Crippen LogP) is 6.97. The topological polar surface area (TPSA) is 113 Å². The highest BCUT2D eigenvalue weighted by Gasteiger charge is 2.45. The first-order chi connectivity index (χ1) is 25.0. The Balaban J connectivity index is 1.22. The van der Waals surface area contributed by atoms with E-state index in [1.54, 1.807) is 18.3 Å². The van der Waals surface area contributed by atoms with Gasteiger partial charge >= 0.3 is 12.1 Å². The van der Waals surface area contributed by atoms with Gasteiger partial charge in [-0.3, -0.25) is 14.8 Å². The fourth-order valence-corrected chi connectivity index (χ4v) is 8.10. The molecule has 52 heavy (non-hydrogen) atoms. The lowest BCUT2D eigenvalue weighted by Crippen LogP contribution is -2.57. The highest BCUT2D eigenvalue weighted by molar-refractivity contribution is 6.01. The molecular formula is C40H51FN6O5. The molecule has 0 radical (unpaired) electrons. The standard InChI is InChI=1S/C40H51FN6O5/c1-6-26-9-8-10-27-19-30(48)20-31(33(26)27)35-34(41)36-32(21-42-35)37(46-22-28-11-12-29(23-46)47(28)39(49)52-40(3,4)5)44-38(43-36)51-18-17-45-15-13-25(14-16-45)24-50-7-2/h8-10,19-21,25,28-29,48H,6-7,11-18,22-24H2,1-5H3. The van der Waals surface area contributed by atoms with Crippen LogP contribution in [0.15, 0.2) is 36.5 Å².